The molecule has 0 fully saturated rings. The molecule has 0 aromatic heterocycles. The van der Waals surface area contributed by atoms with Gasteiger partial charge in [-0.25, -0.2) is 8.42 Å². The Morgan fingerprint density at radius 1 is 0.769 bits per heavy atom. The third kappa shape index (κ3) is 6.41. The number of benzene rings is 4. The fraction of sp³-hybridized carbons (Fsp3) is 0.194. The summed E-state index contributed by atoms with van der Waals surface area (Å²) >= 11 is 0. The second-order valence-electron chi connectivity index (χ2n) is 9.19. The minimum absolute atomic E-state index is 0.0776. The Morgan fingerprint density at radius 3 is 1.92 bits per heavy atom. The van der Waals surface area contributed by atoms with E-state index < -0.39 is 28.5 Å². The van der Waals surface area contributed by atoms with Crippen LogP contribution < -0.4 is 19.1 Å². The van der Waals surface area contributed by atoms with Gasteiger partial charge in [0.25, 0.3) is 10.0 Å². The van der Waals surface area contributed by atoms with E-state index in [0.29, 0.717) is 11.5 Å². The first-order valence-electron chi connectivity index (χ1n) is 12.4. The summed E-state index contributed by atoms with van der Waals surface area (Å²) in [6, 6.07) is 28.3. The van der Waals surface area contributed by atoms with Gasteiger partial charge in [-0.3, -0.25) is 9.10 Å². The van der Waals surface area contributed by atoms with Crippen molar-refractivity contribution in [2.24, 2.45) is 0 Å². The number of carbonyl (C=O) groups excluding carboxylic acids is 1. The van der Waals surface area contributed by atoms with E-state index in [1.807, 2.05) is 68.4 Å². The van der Waals surface area contributed by atoms with Crippen molar-refractivity contribution in [1.29, 1.82) is 0 Å². The quantitative estimate of drug-likeness (QED) is 0.288. The van der Waals surface area contributed by atoms with Crippen LogP contribution in [0.2, 0.25) is 0 Å². The largest absolute Gasteiger partial charge is 0.493 e. The van der Waals surface area contributed by atoms with E-state index in [1.165, 1.54) is 26.4 Å². The predicted octanol–water partition coefficient (Wildman–Crippen LogP) is 5.42. The van der Waals surface area contributed by atoms with Crippen molar-refractivity contribution in [2.75, 3.05) is 25.1 Å². The van der Waals surface area contributed by atoms with Crippen molar-refractivity contribution >= 4 is 21.6 Å². The molecule has 0 unspecified atom stereocenters. The third-order valence-corrected chi connectivity index (χ3v) is 8.19. The van der Waals surface area contributed by atoms with Crippen LogP contribution in [0.25, 0.3) is 0 Å². The second kappa shape index (κ2) is 12.0. The SMILES string of the molecule is COc1ccc(N(CC(=O)N[C@@H](c2ccccc2)c2ccc(C)cc2)S(=O)(=O)c2ccc(C)cc2)cc1OC. The molecule has 0 saturated carbocycles. The zero-order valence-corrected chi connectivity index (χ0v) is 23.2. The standard InChI is InChI=1S/C31H32N2O5S/c1-22-10-14-25(15-11-22)31(24-8-6-5-7-9-24)32-30(34)21-33(26-16-19-28(37-3)29(20-26)38-4)39(35,36)27-17-12-23(2)13-18-27/h5-20,31H,21H2,1-4H3,(H,32,34)/t31-/m0/s1. The molecule has 7 nitrogen and oxygen atoms in total. The number of methoxy groups -OCH3 is 2. The summed E-state index contributed by atoms with van der Waals surface area (Å²) < 4.78 is 39.6. The van der Waals surface area contributed by atoms with Gasteiger partial charge < -0.3 is 14.8 Å². The van der Waals surface area contributed by atoms with Gasteiger partial charge in [0.1, 0.15) is 6.54 Å². The molecule has 8 heteroatoms. The molecule has 0 spiro atoms. The summed E-state index contributed by atoms with van der Waals surface area (Å²) in [4.78, 5) is 13.7. The molecule has 0 aliphatic heterocycles. The summed E-state index contributed by atoms with van der Waals surface area (Å²) in [5, 5.41) is 3.05. The maximum Gasteiger partial charge on any atom is 0.264 e. The molecular weight excluding hydrogens is 512 g/mol. The van der Waals surface area contributed by atoms with Crippen molar-refractivity contribution < 1.29 is 22.7 Å². The van der Waals surface area contributed by atoms with E-state index in [9.17, 15) is 13.2 Å². The Bertz CT molecular complexity index is 1520. The average molecular weight is 545 g/mol. The van der Waals surface area contributed by atoms with Crippen LogP contribution in [0.15, 0.2) is 102 Å². The molecule has 1 N–H and O–H groups in total. The molecule has 0 bridgehead atoms. The molecule has 4 aromatic rings. The number of hydrogen-bond donors (Lipinski definition) is 1. The van der Waals surface area contributed by atoms with Crippen molar-refractivity contribution in [2.45, 2.75) is 24.8 Å². The van der Waals surface area contributed by atoms with E-state index in [4.69, 9.17) is 9.47 Å². The van der Waals surface area contributed by atoms with E-state index in [0.717, 1.165) is 26.6 Å². The molecule has 1 atom stereocenters. The Morgan fingerprint density at radius 2 is 1.33 bits per heavy atom. The summed E-state index contributed by atoms with van der Waals surface area (Å²) in [6.07, 6.45) is 0. The molecule has 202 valence electrons. The lowest BCUT2D eigenvalue weighted by Gasteiger charge is -2.27. The minimum Gasteiger partial charge on any atom is -0.493 e. The topological polar surface area (TPSA) is 84.9 Å². The lowest BCUT2D eigenvalue weighted by molar-refractivity contribution is -0.120. The number of amides is 1. The van der Waals surface area contributed by atoms with Gasteiger partial charge in [0, 0.05) is 6.07 Å². The first-order valence-corrected chi connectivity index (χ1v) is 13.9. The molecule has 0 aliphatic carbocycles. The summed E-state index contributed by atoms with van der Waals surface area (Å²) in [5.41, 5.74) is 4.07. The van der Waals surface area contributed by atoms with Gasteiger partial charge in [0.15, 0.2) is 11.5 Å². The predicted molar refractivity (Wildman–Crippen MR) is 153 cm³/mol. The average Bonchev–Trinajstić information content (AvgIpc) is 2.95. The third-order valence-electron chi connectivity index (χ3n) is 6.40. The van der Waals surface area contributed by atoms with Crippen LogP contribution in [0, 0.1) is 13.8 Å². The highest BCUT2D eigenvalue weighted by atomic mass is 32.2. The molecule has 0 radical (unpaired) electrons. The molecular formula is C31H32N2O5S. The van der Waals surface area contributed by atoms with E-state index >= 15 is 0 Å². The number of sulfonamides is 1. The normalized spacial score (nSPS) is 11.9. The first kappa shape index (κ1) is 27.7. The molecule has 1 amide bonds. The highest BCUT2D eigenvalue weighted by Gasteiger charge is 2.29. The van der Waals surface area contributed by atoms with E-state index in [-0.39, 0.29) is 10.6 Å². The van der Waals surface area contributed by atoms with Crippen molar-refractivity contribution in [1.82, 2.24) is 5.32 Å². The second-order valence-corrected chi connectivity index (χ2v) is 11.0. The number of nitrogens with zero attached hydrogens (tertiary/aromatic N) is 1. The Balaban J connectivity index is 1.72. The van der Waals surface area contributed by atoms with Crippen LogP contribution in [-0.2, 0) is 14.8 Å². The van der Waals surface area contributed by atoms with Crippen LogP contribution in [0.4, 0.5) is 5.69 Å². The number of carbonyl (C=O) groups is 1. The summed E-state index contributed by atoms with van der Waals surface area (Å²) in [5.74, 6) is 0.332. The minimum atomic E-state index is -4.11. The van der Waals surface area contributed by atoms with Gasteiger partial charge in [0.05, 0.1) is 30.8 Å². The highest BCUT2D eigenvalue weighted by molar-refractivity contribution is 7.92. The lowest BCUT2D eigenvalue weighted by Crippen LogP contribution is -2.42. The molecule has 39 heavy (non-hydrogen) atoms. The Hall–Kier alpha value is -4.30. The zero-order chi connectivity index (χ0) is 28.0. The van der Waals surface area contributed by atoms with Gasteiger partial charge >= 0.3 is 0 Å². The van der Waals surface area contributed by atoms with E-state index in [2.05, 4.69) is 5.32 Å². The van der Waals surface area contributed by atoms with Crippen molar-refractivity contribution in [3.63, 3.8) is 0 Å². The Kier molecular flexibility index (Phi) is 8.56. The van der Waals surface area contributed by atoms with Gasteiger partial charge in [-0.05, 0) is 49.2 Å². The smallest absolute Gasteiger partial charge is 0.264 e. The number of hydrogen-bond acceptors (Lipinski definition) is 5. The number of nitrogens with one attached hydrogen (secondary N) is 1. The van der Waals surface area contributed by atoms with Gasteiger partial charge in [-0.1, -0.05) is 77.9 Å². The van der Waals surface area contributed by atoms with Crippen LogP contribution in [0.5, 0.6) is 11.5 Å². The Labute approximate surface area is 230 Å². The zero-order valence-electron chi connectivity index (χ0n) is 22.4. The summed E-state index contributed by atoms with van der Waals surface area (Å²) in [7, 11) is -1.13. The maximum absolute atomic E-state index is 13.9. The van der Waals surface area contributed by atoms with Crippen LogP contribution in [0.1, 0.15) is 28.3 Å². The number of rotatable bonds is 10. The van der Waals surface area contributed by atoms with Gasteiger partial charge in [-0.15, -0.1) is 0 Å². The van der Waals surface area contributed by atoms with Crippen molar-refractivity contribution in [3.05, 3.63) is 119 Å². The van der Waals surface area contributed by atoms with Crippen molar-refractivity contribution in [3.8, 4) is 11.5 Å². The fourth-order valence-corrected chi connectivity index (χ4v) is 5.65. The van der Waals surface area contributed by atoms with Crippen LogP contribution in [-0.4, -0.2) is 35.1 Å². The lowest BCUT2D eigenvalue weighted by atomic mass is 9.98. The maximum atomic E-state index is 13.9. The van der Waals surface area contributed by atoms with Gasteiger partial charge in [-0.2, -0.15) is 0 Å². The molecule has 0 saturated heterocycles. The molecule has 0 heterocycles. The number of anilines is 1. The van der Waals surface area contributed by atoms with Crippen LogP contribution >= 0.6 is 0 Å². The monoisotopic (exact) mass is 544 g/mol. The highest BCUT2D eigenvalue weighted by Crippen LogP contribution is 2.34. The summed E-state index contributed by atoms with van der Waals surface area (Å²) in [6.45, 7) is 3.43. The van der Waals surface area contributed by atoms with Gasteiger partial charge in [0.2, 0.25) is 5.91 Å². The van der Waals surface area contributed by atoms with Crippen LogP contribution in [0.3, 0.4) is 0 Å². The van der Waals surface area contributed by atoms with E-state index in [1.54, 1.807) is 30.3 Å². The molecule has 4 aromatic carbocycles. The number of ether oxygens (including phenoxy) is 2. The number of aryl methyl sites for hydroxylation is 2. The molecule has 0 aliphatic rings. The first-order chi connectivity index (χ1) is 18.7. The fourth-order valence-electron chi connectivity index (χ4n) is 4.23. The molecule has 4 rings (SSSR count).